The standard InChI is InChI=1S/C9H16N2O3S/c1-11(6-8(12)13)9(14)10-7-2-4-15-5-3-7/h7H,2-6H2,1H3,(H,10,14)(H,12,13). The Labute approximate surface area is 93.2 Å². The number of carbonyl (C=O) groups excluding carboxylic acids is 1. The average molecular weight is 232 g/mol. The summed E-state index contributed by atoms with van der Waals surface area (Å²) in [5.41, 5.74) is 0. The zero-order chi connectivity index (χ0) is 11.3. The van der Waals surface area contributed by atoms with Gasteiger partial charge in [0, 0.05) is 13.1 Å². The number of thioether (sulfide) groups is 1. The number of hydrogen-bond donors (Lipinski definition) is 2. The predicted octanol–water partition coefficient (Wildman–Crippen LogP) is 0.608. The molecule has 0 aromatic rings. The lowest BCUT2D eigenvalue weighted by Crippen LogP contribution is -2.45. The van der Waals surface area contributed by atoms with Crippen molar-refractivity contribution >= 4 is 23.8 Å². The van der Waals surface area contributed by atoms with Crippen molar-refractivity contribution in [2.24, 2.45) is 0 Å². The van der Waals surface area contributed by atoms with Gasteiger partial charge in [0.05, 0.1) is 0 Å². The third-order valence-electron chi connectivity index (χ3n) is 2.27. The van der Waals surface area contributed by atoms with E-state index >= 15 is 0 Å². The van der Waals surface area contributed by atoms with Gasteiger partial charge >= 0.3 is 12.0 Å². The number of urea groups is 1. The van der Waals surface area contributed by atoms with Gasteiger partial charge in [-0.25, -0.2) is 4.79 Å². The lowest BCUT2D eigenvalue weighted by Gasteiger charge is -2.25. The first-order valence-corrected chi connectivity index (χ1v) is 6.06. The van der Waals surface area contributed by atoms with Gasteiger partial charge in [-0.15, -0.1) is 0 Å². The molecule has 2 amide bonds. The molecule has 1 saturated heterocycles. The van der Waals surface area contributed by atoms with Gasteiger partial charge in [0.1, 0.15) is 6.54 Å². The maximum absolute atomic E-state index is 11.5. The van der Waals surface area contributed by atoms with Crippen LogP contribution in [0.25, 0.3) is 0 Å². The van der Waals surface area contributed by atoms with Crippen LogP contribution in [0.4, 0.5) is 4.79 Å². The van der Waals surface area contributed by atoms with Crippen molar-refractivity contribution in [3.63, 3.8) is 0 Å². The minimum atomic E-state index is -0.994. The number of rotatable bonds is 3. The van der Waals surface area contributed by atoms with Gasteiger partial charge in [0.2, 0.25) is 0 Å². The van der Waals surface area contributed by atoms with Crippen LogP contribution in [0, 0.1) is 0 Å². The Bertz CT molecular complexity index is 242. The van der Waals surface area contributed by atoms with Crippen LogP contribution in [0.5, 0.6) is 0 Å². The highest BCUT2D eigenvalue weighted by Gasteiger charge is 2.18. The van der Waals surface area contributed by atoms with Crippen molar-refractivity contribution in [1.82, 2.24) is 10.2 Å². The zero-order valence-corrected chi connectivity index (χ0v) is 9.55. The normalized spacial score (nSPS) is 17.1. The monoisotopic (exact) mass is 232 g/mol. The van der Waals surface area contributed by atoms with Crippen LogP contribution in [-0.2, 0) is 4.79 Å². The highest BCUT2D eigenvalue weighted by atomic mass is 32.2. The van der Waals surface area contributed by atoms with Crippen LogP contribution >= 0.6 is 11.8 Å². The van der Waals surface area contributed by atoms with Gasteiger partial charge in [-0.2, -0.15) is 11.8 Å². The van der Waals surface area contributed by atoms with E-state index in [1.165, 1.54) is 11.9 Å². The summed E-state index contributed by atoms with van der Waals surface area (Å²) in [6.45, 7) is -0.257. The van der Waals surface area contributed by atoms with Crippen LogP contribution in [0.1, 0.15) is 12.8 Å². The fourth-order valence-corrected chi connectivity index (χ4v) is 2.51. The van der Waals surface area contributed by atoms with Gasteiger partial charge in [0.15, 0.2) is 0 Å². The molecule has 86 valence electrons. The molecule has 0 unspecified atom stereocenters. The molecule has 1 aliphatic rings. The molecule has 0 atom stereocenters. The molecule has 5 nitrogen and oxygen atoms in total. The molecule has 0 radical (unpaired) electrons. The number of amides is 2. The summed E-state index contributed by atoms with van der Waals surface area (Å²) in [5, 5.41) is 11.3. The zero-order valence-electron chi connectivity index (χ0n) is 8.73. The van der Waals surface area contributed by atoms with E-state index < -0.39 is 5.97 Å². The summed E-state index contributed by atoms with van der Waals surface area (Å²) in [7, 11) is 1.49. The topological polar surface area (TPSA) is 69.6 Å². The van der Waals surface area contributed by atoms with Crippen LogP contribution in [0.15, 0.2) is 0 Å². The fraction of sp³-hybridized carbons (Fsp3) is 0.778. The third kappa shape index (κ3) is 4.42. The van der Waals surface area contributed by atoms with Crippen molar-refractivity contribution in [3.05, 3.63) is 0 Å². The van der Waals surface area contributed by atoms with Crippen molar-refractivity contribution in [2.75, 3.05) is 25.1 Å². The summed E-state index contributed by atoms with van der Waals surface area (Å²) in [4.78, 5) is 23.1. The van der Waals surface area contributed by atoms with Crippen molar-refractivity contribution in [3.8, 4) is 0 Å². The summed E-state index contributed by atoms with van der Waals surface area (Å²) in [6, 6.07) is -0.0932. The summed E-state index contributed by atoms with van der Waals surface area (Å²) in [5.74, 6) is 1.13. The molecule has 0 aromatic carbocycles. The first kappa shape index (κ1) is 12.2. The lowest BCUT2D eigenvalue weighted by atomic mass is 10.2. The number of carboxylic acids is 1. The first-order chi connectivity index (χ1) is 7.09. The van der Waals surface area contributed by atoms with E-state index in [4.69, 9.17) is 5.11 Å². The quantitative estimate of drug-likeness (QED) is 0.748. The molecule has 0 saturated carbocycles. The lowest BCUT2D eigenvalue weighted by molar-refractivity contribution is -0.137. The number of hydrogen-bond acceptors (Lipinski definition) is 3. The Hall–Kier alpha value is -0.910. The Morgan fingerprint density at radius 2 is 2.07 bits per heavy atom. The molecular weight excluding hydrogens is 216 g/mol. The second kappa shape index (κ2) is 5.85. The largest absolute Gasteiger partial charge is 0.480 e. The SMILES string of the molecule is CN(CC(=O)O)C(=O)NC1CCSCC1. The summed E-state index contributed by atoms with van der Waals surface area (Å²) >= 11 is 1.89. The van der Waals surface area contributed by atoms with Crippen LogP contribution in [-0.4, -0.2) is 53.1 Å². The van der Waals surface area contributed by atoms with Gasteiger partial charge in [-0.3, -0.25) is 4.79 Å². The van der Waals surface area contributed by atoms with E-state index in [-0.39, 0.29) is 18.6 Å². The van der Waals surface area contributed by atoms with E-state index in [0.717, 1.165) is 24.3 Å². The molecule has 0 aromatic heterocycles. The number of carbonyl (C=O) groups is 2. The van der Waals surface area contributed by atoms with E-state index in [2.05, 4.69) is 5.32 Å². The fourth-order valence-electron chi connectivity index (χ4n) is 1.40. The van der Waals surface area contributed by atoms with Crippen molar-refractivity contribution in [2.45, 2.75) is 18.9 Å². The Morgan fingerprint density at radius 1 is 1.47 bits per heavy atom. The molecule has 0 aliphatic carbocycles. The Kier molecular flexibility index (Phi) is 4.74. The second-order valence-electron chi connectivity index (χ2n) is 3.59. The number of aliphatic carboxylic acids is 1. The predicted molar refractivity (Wildman–Crippen MR) is 59.1 cm³/mol. The van der Waals surface area contributed by atoms with E-state index in [0.29, 0.717) is 0 Å². The number of carboxylic acid groups (broad SMARTS) is 1. The van der Waals surface area contributed by atoms with E-state index in [9.17, 15) is 9.59 Å². The smallest absolute Gasteiger partial charge is 0.323 e. The Morgan fingerprint density at radius 3 is 2.60 bits per heavy atom. The number of nitrogens with one attached hydrogen (secondary N) is 1. The molecule has 1 fully saturated rings. The van der Waals surface area contributed by atoms with Crippen molar-refractivity contribution < 1.29 is 14.7 Å². The van der Waals surface area contributed by atoms with Gasteiger partial charge < -0.3 is 15.3 Å². The second-order valence-corrected chi connectivity index (χ2v) is 4.81. The van der Waals surface area contributed by atoms with Gasteiger partial charge in [-0.05, 0) is 24.3 Å². The van der Waals surface area contributed by atoms with Gasteiger partial charge in [0.25, 0.3) is 0 Å². The molecule has 1 rings (SSSR count). The number of likely N-dealkylation sites (N-methyl/N-ethyl adjacent to an activating group) is 1. The molecule has 1 aliphatic heterocycles. The first-order valence-electron chi connectivity index (χ1n) is 4.90. The highest BCUT2D eigenvalue weighted by molar-refractivity contribution is 7.99. The number of nitrogens with zero attached hydrogens (tertiary/aromatic N) is 1. The highest BCUT2D eigenvalue weighted by Crippen LogP contribution is 2.16. The molecule has 0 bridgehead atoms. The van der Waals surface area contributed by atoms with Crippen LogP contribution in [0.2, 0.25) is 0 Å². The average Bonchev–Trinajstić information content (AvgIpc) is 2.18. The van der Waals surface area contributed by atoms with E-state index in [1.807, 2.05) is 11.8 Å². The maximum atomic E-state index is 11.5. The van der Waals surface area contributed by atoms with Gasteiger partial charge in [-0.1, -0.05) is 0 Å². The molecule has 1 heterocycles. The minimum absolute atomic E-state index is 0.204. The molecule has 2 N–H and O–H groups in total. The molecular formula is C9H16N2O3S. The third-order valence-corrected chi connectivity index (χ3v) is 3.32. The summed E-state index contributed by atoms with van der Waals surface area (Å²) in [6.07, 6.45) is 1.94. The maximum Gasteiger partial charge on any atom is 0.323 e. The molecule has 0 spiro atoms. The Balaban J connectivity index is 2.30. The van der Waals surface area contributed by atoms with E-state index in [1.54, 1.807) is 0 Å². The van der Waals surface area contributed by atoms with Crippen LogP contribution in [0.3, 0.4) is 0 Å². The van der Waals surface area contributed by atoms with Crippen molar-refractivity contribution in [1.29, 1.82) is 0 Å². The molecule has 15 heavy (non-hydrogen) atoms. The minimum Gasteiger partial charge on any atom is -0.480 e. The summed E-state index contributed by atoms with van der Waals surface area (Å²) < 4.78 is 0. The van der Waals surface area contributed by atoms with Crippen LogP contribution < -0.4 is 5.32 Å². The molecule has 6 heteroatoms.